The van der Waals surface area contributed by atoms with E-state index in [1.807, 2.05) is 0 Å². The molecule has 0 spiro atoms. The van der Waals surface area contributed by atoms with E-state index in [4.69, 9.17) is 4.74 Å². The summed E-state index contributed by atoms with van der Waals surface area (Å²) in [6, 6.07) is 3.33. The van der Waals surface area contributed by atoms with E-state index in [0.29, 0.717) is 36.6 Å². The Hall–Kier alpha value is -0.700. The van der Waals surface area contributed by atoms with Gasteiger partial charge in [-0.15, -0.1) is 0 Å². The maximum Gasteiger partial charge on any atom is 0.301 e. The van der Waals surface area contributed by atoms with Crippen LogP contribution >= 0.6 is 15.9 Å². The average molecular weight is 322 g/mol. The second-order valence-corrected chi connectivity index (χ2v) is 5.97. The molecule has 0 saturated carbocycles. The van der Waals surface area contributed by atoms with Crippen LogP contribution in [0.1, 0.15) is 0 Å². The lowest BCUT2D eigenvalue weighted by molar-refractivity contribution is 0.0733. The molecule has 0 radical (unpaired) electrons. The Morgan fingerprint density at radius 1 is 1.35 bits per heavy atom. The molecule has 17 heavy (non-hydrogen) atoms. The van der Waals surface area contributed by atoms with E-state index < -0.39 is 10.2 Å². The molecule has 0 aromatic carbocycles. The van der Waals surface area contributed by atoms with Crippen molar-refractivity contribution in [3.63, 3.8) is 0 Å². The normalized spacial score (nSPS) is 17.9. The van der Waals surface area contributed by atoms with Gasteiger partial charge in [0.1, 0.15) is 4.60 Å². The van der Waals surface area contributed by atoms with E-state index in [1.54, 1.807) is 12.1 Å². The highest BCUT2D eigenvalue weighted by atomic mass is 79.9. The molecule has 0 amide bonds. The van der Waals surface area contributed by atoms with Gasteiger partial charge in [0.05, 0.1) is 25.1 Å². The van der Waals surface area contributed by atoms with Crippen LogP contribution < -0.4 is 4.72 Å². The third-order valence-electron chi connectivity index (χ3n) is 2.28. The van der Waals surface area contributed by atoms with E-state index in [-0.39, 0.29) is 0 Å². The minimum atomic E-state index is -3.50. The van der Waals surface area contributed by atoms with E-state index >= 15 is 0 Å². The summed E-state index contributed by atoms with van der Waals surface area (Å²) in [6.07, 6.45) is 1.46. The monoisotopic (exact) mass is 321 g/mol. The van der Waals surface area contributed by atoms with Gasteiger partial charge in [0.25, 0.3) is 0 Å². The Morgan fingerprint density at radius 3 is 2.65 bits per heavy atom. The molecule has 1 saturated heterocycles. The van der Waals surface area contributed by atoms with Gasteiger partial charge < -0.3 is 4.74 Å². The van der Waals surface area contributed by atoms with Crippen LogP contribution in [-0.4, -0.2) is 44.0 Å². The summed E-state index contributed by atoms with van der Waals surface area (Å²) < 4.78 is 33.5. The quantitative estimate of drug-likeness (QED) is 0.837. The molecular formula is C9H12BrN3O3S. The molecule has 8 heteroatoms. The van der Waals surface area contributed by atoms with Gasteiger partial charge in [-0.25, -0.2) is 4.98 Å². The van der Waals surface area contributed by atoms with Crippen molar-refractivity contribution >= 4 is 31.8 Å². The molecule has 1 aliphatic rings. The minimum absolute atomic E-state index is 0.374. The Balaban J connectivity index is 2.08. The highest BCUT2D eigenvalue weighted by Crippen LogP contribution is 2.14. The molecule has 0 aliphatic carbocycles. The molecule has 1 fully saturated rings. The van der Waals surface area contributed by atoms with Crippen LogP contribution in [0.5, 0.6) is 0 Å². The van der Waals surface area contributed by atoms with Crippen LogP contribution in [0, 0.1) is 0 Å². The Bertz CT molecular complexity index is 471. The number of halogens is 1. The zero-order valence-electron chi connectivity index (χ0n) is 8.97. The maximum absolute atomic E-state index is 12.0. The Morgan fingerprint density at radius 2 is 2.06 bits per heavy atom. The second kappa shape index (κ2) is 5.30. The summed E-state index contributed by atoms with van der Waals surface area (Å²) in [6.45, 7) is 1.61. The lowest BCUT2D eigenvalue weighted by Gasteiger charge is -2.26. The van der Waals surface area contributed by atoms with Crippen LogP contribution in [0.25, 0.3) is 0 Å². The Kier molecular flexibility index (Phi) is 3.97. The average Bonchev–Trinajstić information content (AvgIpc) is 2.33. The highest BCUT2D eigenvalue weighted by Gasteiger charge is 2.24. The topological polar surface area (TPSA) is 71.5 Å². The lowest BCUT2D eigenvalue weighted by atomic mass is 10.4. The zero-order valence-corrected chi connectivity index (χ0v) is 11.4. The summed E-state index contributed by atoms with van der Waals surface area (Å²) in [4.78, 5) is 3.95. The lowest BCUT2D eigenvalue weighted by Crippen LogP contribution is -2.43. The molecule has 0 bridgehead atoms. The third-order valence-corrected chi connectivity index (χ3v) is 4.29. The van der Waals surface area contributed by atoms with Gasteiger partial charge in [-0.3, -0.25) is 4.72 Å². The molecule has 94 valence electrons. The summed E-state index contributed by atoms with van der Waals surface area (Å²) in [7, 11) is -3.50. The van der Waals surface area contributed by atoms with E-state index in [1.165, 1.54) is 10.5 Å². The zero-order chi connectivity index (χ0) is 12.3. The number of aromatic nitrogens is 1. The maximum atomic E-state index is 12.0. The number of hydrogen-bond acceptors (Lipinski definition) is 4. The molecule has 1 aromatic rings. The number of nitrogens with one attached hydrogen (secondary N) is 1. The van der Waals surface area contributed by atoms with Crippen LogP contribution in [-0.2, 0) is 14.9 Å². The molecule has 1 aliphatic heterocycles. The predicted octanol–water partition coefficient (Wildman–Crippen LogP) is 0.833. The van der Waals surface area contributed by atoms with Crippen molar-refractivity contribution < 1.29 is 13.2 Å². The fourth-order valence-corrected chi connectivity index (χ4v) is 2.85. The number of hydrogen-bond donors (Lipinski definition) is 1. The van der Waals surface area contributed by atoms with Crippen molar-refractivity contribution in [3.8, 4) is 0 Å². The van der Waals surface area contributed by atoms with Crippen molar-refractivity contribution in [1.29, 1.82) is 0 Å². The largest absolute Gasteiger partial charge is 0.379 e. The molecule has 1 aromatic heterocycles. The SMILES string of the molecule is O=S(=O)(Nc1ccc(Br)nc1)N1CCOCC1. The number of ether oxygens (including phenoxy) is 1. The fourth-order valence-electron chi connectivity index (χ4n) is 1.44. The number of pyridine rings is 1. The van der Waals surface area contributed by atoms with Gasteiger partial charge in [0.15, 0.2) is 0 Å². The summed E-state index contributed by atoms with van der Waals surface area (Å²) in [5.74, 6) is 0. The predicted molar refractivity (Wildman–Crippen MR) is 66.9 cm³/mol. The first-order valence-electron chi connectivity index (χ1n) is 5.05. The molecule has 0 atom stereocenters. The first kappa shape index (κ1) is 12.7. The van der Waals surface area contributed by atoms with Crippen LogP contribution in [0.15, 0.2) is 22.9 Å². The molecule has 2 rings (SSSR count). The molecular weight excluding hydrogens is 310 g/mol. The second-order valence-electron chi connectivity index (χ2n) is 3.49. The van der Waals surface area contributed by atoms with Gasteiger partial charge in [-0.05, 0) is 28.1 Å². The molecule has 1 N–H and O–H groups in total. The van der Waals surface area contributed by atoms with Crippen molar-refractivity contribution in [2.75, 3.05) is 31.0 Å². The number of morpholine rings is 1. The molecule has 0 unspecified atom stereocenters. The van der Waals surface area contributed by atoms with Gasteiger partial charge in [-0.2, -0.15) is 12.7 Å². The summed E-state index contributed by atoms with van der Waals surface area (Å²) in [5.41, 5.74) is 0.444. The highest BCUT2D eigenvalue weighted by molar-refractivity contribution is 9.10. The standard InChI is InChI=1S/C9H12BrN3O3S/c10-9-2-1-8(7-11-9)12-17(14,15)13-3-5-16-6-4-13/h1-2,7,12H,3-6H2. The minimum Gasteiger partial charge on any atom is -0.379 e. The molecule has 2 heterocycles. The number of rotatable bonds is 3. The Labute approximate surface area is 108 Å². The summed E-state index contributed by atoms with van der Waals surface area (Å²) in [5, 5.41) is 0. The van der Waals surface area contributed by atoms with Crippen molar-refractivity contribution in [3.05, 3.63) is 22.9 Å². The fraction of sp³-hybridized carbons (Fsp3) is 0.444. The number of nitrogens with zero attached hydrogens (tertiary/aromatic N) is 2. The van der Waals surface area contributed by atoms with Crippen LogP contribution in [0.3, 0.4) is 0 Å². The third kappa shape index (κ3) is 3.38. The van der Waals surface area contributed by atoms with E-state index in [9.17, 15) is 8.42 Å². The van der Waals surface area contributed by atoms with Crippen molar-refractivity contribution in [1.82, 2.24) is 9.29 Å². The number of anilines is 1. The van der Waals surface area contributed by atoms with Crippen molar-refractivity contribution in [2.45, 2.75) is 0 Å². The van der Waals surface area contributed by atoms with Gasteiger partial charge >= 0.3 is 10.2 Å². The van der Waals surface area contributed by atoms with Gasteiger partial charge in [0.2, 0.25) is 0 Å². The van der Waals surface area contributed by atoms with E-state index in [0.717, 1.165) is 0 Å². The van der Waals surface area contributed by atoms with Crippen LogP contribution in [0.4, 0.5) is 5.69 Å². The first-order chi connectivity index (χ1) is 8.08. The van der Waals surface area contributed by atoms with Crippen LogP contribution in [0.2, 0.25) is 0 Å². The van der Waals surface area contributed by atoms with Gasteiger partial charge in [0, 0.05) is 13.1 Å². The van der Waals surface area contributed by atoms with E-state index in [2.05, 4.69) is 25.6 Å². The first-order valence-corrected chi connectivity index (χ1v) is 7.28. The summed E-state index contributed by atoms with van der Waals surface area (Å²) >= 11 is 3.19. The van der Waals surface area contributed by atoms with Crippen molar-refractivity contribution in [2.24, 2.45) is 0 Å². The van der Waals surface area contributed by atoms with Gasteiger partial charge in [-0.1, -0.05) is 0 Å². The smallest absolute Gasteiger partial charge is 0.301 e. The molecule has 6 nitrogen and oxygen atoms in total.